The van der Waals surface area contributed by atoms with Gasteiger partial charge in [0, 0.05) is 0 Å². The first-order valence-electron chi connectivity index (χ1n) is 10.4. The molecule has 0 aliphatic carbocycles. The number of benzene rings is 3. The summed E-state index contributed by atoms with van der Waals surface area (Å²) in [5.74, 6) is -0.221. The number of rotatable bonds is 7. The summed E-state index contributed by atoms with van der Waals surface area (Å²) in [4.78, 5) is 28.1. The summed E-state index contributed by atoms with van der Waals surface area (Å²) in [6.07, 6.45) is 0. The van der Waals surface area contributed by atoms with Crippen molar-refractivity contribution in [2.24, 2.45) is 0 Å². The second-order valence-corrected chi connectivity index (χ2v) is 7.57. The van der Waals surface area contributed by atoms with Gasteiger partial charge in [-0.2, -0.15) is 0 Å². The molecular formula is C26H23FN2O5. The fraction of sp³-hybridized carbons (Fsp3) is 0.154. The largest absolute Gasteiger partial charge is 0.495 e. The van der Waals surface area contributed by atoms with Crippen molar-refractivity contribution in [2.75, 3.05) is 31.5 Å². The van der Waals surface area contributed by atoms with Crippen molar-refractivity contribution in [3.8, 4) is 17.2 Å². The lowest BCUT2D eigenvalue weighted by molar-refractivity contribution is -0.120. The molecule has 0 fully saturated rings. The number of halogens is 1. The number of ether oxygens (including phenoxy) is 3. The zero-order chi connectivity index (χ0) is 24.4. The van der Waals surface area contributed by atoms with Gasteiger partial charge in [-0.1, -0.05) is 12.1 Å². The second-order valence-electron chi connectivity index (χ2n) is 7.57. The van der Waals surface area contributed by atoms with E-state index in [9.17, 15) is 14.0 Å². The standard InChI is InChI=1S/C26H23FN2O5/c1-15-5-11-20(32-2)19(13-15)28-24-23(16-6-12-21(33-3)22(14-16)34-4)25(30)29(26(24)31)18-9-7-17(27)8-10-18/h5-14,28H,1-4H3. The molecule has 174 valence electrons. The minimum atomic E-state index is -0.579. The Kier molecular flexibility index (Phi) is 6.23. The molecule has 1 heterocycles. The van der Waals surface area contributed by atoms with Crippen LogP contribution in [0.2, 0.25) is 0 Å². The number of methoxy groups -OCH3 is 3. The van der Waals surface area contributed by atoms with Crippen LogP contribution in [0.15, 0.2) is 66.4 Å². The van der Waals surface area contributed by atoms with Gasteiger partial charge < -0.3 is 19.5 Å². The van der Waals surface area contributed by atoms with E-state index in [0.29, 0.717) is 28.5 Å². The Hall–Kier alpha value is -4.33. The van der Waals surface area contributed by atoms with Crippen molar-refractivity contribution < 1.29 is 28.2 Å². The van der Waals surface area contributed by atoms with Crippen LogP contribution in [0.4, 0.5) is 15.8 Å². The number of aryl methyl sites for hydroxylation is 1. The van der Waals surface area contributed by atoms with Crippen LogP contribution in [-0.2, 0) is 9.59 Å². The van der Waals surface area contributed by atoms with Crippen molar-refractivity contribution in [3.05, 3.63) is 83.3 Å². The van der Waals surface area contributed by atoms with Gasteiger partial charge in [-0.3, -0.25) is 9.59 Å². The summed E-state index contributed by atoms with van der Waals surface area (Å²) in [6.45, 7) is 1.90. The first-order chi connectivity index (χ1) is 16.4. The molecule has 1 aliphatic heterocycles. The molecule has 0 aromatic heterocycles. The molecule has 0 saturated carbocycles. The Bertz CT molecular complexity index is 1300. The van der Waals surface area contributed by atoms with Crippen LogP contribution in [0.1, 0.15) is 11.1 Å². The van der Waals surface area contributed by atoms with Crippen molar-refractivity contribution in [3.63, 3.8) is 0 Å². The van der Waals surface area contributed by atoms with E-state index in [0.717, 1.165) is 10.5 Å². The number of imide groups is 1. The Morgan fingerprint density at radius 2 is 1.41 bits per heavy atom. The topological polar surface area (TPSA) is 77.1 Å². The smallest absolute Gasteiger partial charge is 0.282 e. The van der Waals surface area contributed by atoms with Crippen LogP contribution in [0.3, 0.4) is 0 Å². The Morgan fingerprint density at radius 3 is 2.06 bits per heavy atom. The van der Waals surface area contributed by atoms with Crippen LogP contribution >= 0.6 is 0 Å². The maximum Gasteiger partial charge on any atom is 0.282 e. The monoisotopic (exact) mass is 462 g/mol. The van der Waals surface area contributed by atoms with E-state index in [1.807, 2.05) is 19.1 Å². The molecule has 0 bridgehead atoms. The van der Waals surface area contributed by atoms with Gasteiger partial charge in [-0.25, -0.2) is 9.29 Å². The number of carbonyl (C=O) groups is 2. The van der Waals surface area contributed by atoms with Gasteiger partial charge in [0.05, 0.1) is 38.3 Å². The van der Waals surface area contributed by atoms with Crippen LogP contribution in [0, 0.1) is 12.7 Å². The van der Waals surface area contributed by atoms with Crippen molar-refractivity contribution in [2.45, 2.75) is 6.92 Å². The van der Waals surface area contributed by atoms with E-state index >= 15 is 0 Å². The highest BCUT2D eigenvalue weighted by Gasteiger charge is 2.40. The average molecular weight is 462 g/mol. The summed E-state index contributed by atoms with van der Waals surface area (Å²) >= 11 is 0. The van der Waals surface area contributed by atoms with Gasteiger partial charge in [0.25, 0.3) is 11.8 Å². The van der Waals surface area contributed by atoms with E-state index in [-0.39, 0.29) is 17.0 Å². The van der Waals surface area contributed by atoms with Crippen molar-refractivity contribution in [1.29, 1.82) is 0 Å². The van der Waals surface area contributed by atoms with E-state index in [4.69, 9.17) is 14.2 Å². The summed E-state index contributed by atoms with van der Waals surface area (Å²) in [6, 6.07) is 15.6. The van der Waals surface area contributed by atoms with Crippen molar-refractivity contribution >= 4 is 28.8 Å². The number of nitrogens with zero attached hydrogens (tertiary/aromatic N) is 1. The summed E-state index contributed by atoms with van der Waals surface area (Å²) < 4.78 is 29.6. The molecule has 0 atom stereocenters. The number of carbonyl (C=O) groups excluding carboxylic acids is 2. The zero-order valence-corrected chi connectivity index (χ0v) is 19.1. The summed E-state index contributed by atoms with van der Waals surface area (Å²) in [7, 11) is 4.51. The quantitative estimate of drug-likeness (QED) is 0.519. The van der Waals surface area contributed by atoms with Gasteiger partial charge in [0.15, 0.2) is 11.5 Å². The molecule has 1 N–H and O–H groups in total. The molecule has 0 radical (unpaired) electrons. The predicted molar refractivity (Wildman–Crippen MR) is 127 cm³/mol. The summed E-state index contributed by atoms with van der Waals surface area (Å²) in [5, 5.41) is 3.10. The molecule has 1 aliphatic rings. The first-order valence-corrected chi connectivity index (χ1v) is 10.4. The van der Waals surface area contributed by atoms with Crippen LogP contribution in [0.25, 0.3) is 5.57 Å². The lowest BCUT2D eigenvalue weighted by atomic mass is 10.0. The van der Waals surface area contributed by atoms with Gasteiger partial charge in [-0.05, 0) is 66.6 Å². The maximum atomic E-state index is 13.6. The van der Waals surface area contributed by atoms with Crippen LogP contribution in [0.5, 0.6) is 17.2 Å². The predicted octanol–water partition coefficient (Wildman–Crippen LogP) is 4.56. The molecule has 0 unspecified atom stereocenters. The molecule has 4 rings (SSSR count). The fourth-order valence-corrected chi connectivity index (χ4v) is 3.78. The summed E-state index contributed by atoms with van der Waals surface area (Å²) in [5.41, 5.74) is 2.36. The van der Waals surface area contributed by atoms with Crippen LogP contribution in [-0.4, -0.2) is 33.1 Å². The molecular weight excluding hydrogens is 439 g/mol. The van der Waals surface area contributed by atoms with Crippen LogP contribution < -0.4 is 24.4 Å². The van der Waals surface area contributed by atoms with Gasteiger partial charge >= 0.3 is 0 Å². The molecule has 0 spiro atoms. The van der Waals surface area contributed by atoms with E-state index in [2.05, 4.69) is 5.32 Å². The Labute approximate surface area is 196 Å². The number of amides is 2. The third-order valence-corrected chi connectivity index (χ3v) is 5.46. The highest BCUT2D eigenvalue weighted by Crippen LogP contribution is 2.38. The molecule has 2 amide bonds. The van der Waals surface area contributed by atoms with Gasteiger partial charge in [0.2, 0.25) is 0 Å². The molecule has 3 aromatic rings. The molecule has 3 aromatic carbocycles. The highest BCUT2D eigenvalue weighted by atomic mass is 19.1. The number of nitrogens with one attached hydrogen (secondary N) is 1. The molecule has 34 heavy (non-hydrogen) atoms. The normalized spacial score (nSPS) is 13.4. The highest BCUT2D eigenvalue weighted by molar-refractivity contribution is 6.46. The molecule has 0 saturated heterocycles. The third-order valence-electron chi connectivity index (χ3n) is 5.46. The van der Waals surface area contributed by atoms with E-state index in [1.165, 1.54) is 45.6 Å². The lowest BCUT2D eigenvalue weighted by Crippen LogP contribution is -2.32. The SMILES string of the molecule is COc1ccc(C)cc1NC1=C(c2ccc(OC)c(OC)c2)C(=O)N(c2ccc(F)cc2)C1=O. The number of anilines is 2. The minimum absolute atomic E-state index is 0.0606. The minimum Gasteiger partial charge on any atom is -0.495 e. The molecule has 7 nitrogen and oxygen atoms in total. The second kappa shape index (κ2) is 9.27. The Balaban J connectivity index is 1.88. The van der Waals surface area contributed by atoms with Gasteiger partial charge in [-0.15, -0.1) is 0 Å². The first kappa shape index (κ1) is 22.8. The Morgan fingerprint density at radius 1 is 0.765 bits per heavy atom. The lowest BCUT2D eigenvalue weighted by Gasteiger charge is -2.16. The zero-order valence-electron chi connectivity index (χ0n) is 19.1. The number of hydrogen-bond donors (Lipinski definition) is 1. The van der Waals surface area contributed by atoms with E-state index in [1.54, 1.807) is 24.3 Å². The fourth-order valence-electron chi connectivity index (χ4n) is 3.78. The van der Waals surface area contributed by atoms with Crippen molar-refractivity contribution in [1.82, 2.24) is 0 Å². The van der Waals surface area contributed by atoms with E-state index < -0.39 is 17.6 Å². The third kappa shape index (κ3) is 4.05. The average Bonchev–Trinajstić information content (AvgIpc) is 3.08. The number of hydrogen-bond acceptors (Lipinski definition) is 6. The molecule has 8 heteroatoms. The maximum absolute atomic E-state index is 13.6. The van der Waals surface area contributed by atoms with Gasteiger partial charge in [0.1, 0.15) is 17.3 Å².